The van der Waals surface area contributed by atoms with Crippen LogP contribution >= 0.6 is 11.8 Å². The lowest BCUT2D eigenvalue weighted by molar-refractivity contribution is 0.0793. The second-order valence-corrected chi connectivity index (χ2v) is 9.06. The van der Waals surface area contributed by atoms with E-state index in [1.54, 1.807) is 0 Å². The molecule has 2 saturated heterocycles. The summed E-state index contributed by atoms with van der Waals surface area (Å²) in [5.41, 5.74) is 1.47. The van der Waals surface area contributed by atoms with E-state index in [-0.39, 0.29) is 4.75 Å². The SMILES string of the molecule is CCNC(=NCC1(SC)CCOCC1)N1CCC(Cc2ccccc2)CC1. The van der Waals surface area contributed by atoms with Crippen LogP contribution in [0.2, 0.25) is 0 Å². The number of thioether (sulfide) groups is 1. The lowest BCUT2D eigenvalue weighted by Gasteiger charge is -2.37. The van der Waals surface area contributed by atoms with Gasteiger partial charge >= 0.3 is 0 Å². The fourth-order valence-corrected chi connectivity index (χ4v) is 4.88. The molecule has 0 aromatic heterocycles. The third-order valence-electron chi connectivity index (χ3n) is 5.97. The second kappa shape index (κ2) is 10.4. The van der Waals surface area contributed by atoms with E-state index in [0.29, 0.717) is 0 Å². The molecule has 0 spiro atoms. The molecule has 27 heavy (non-hydrogen) atoms. The van der Waals surface area contributed by atoms with E-state index >= 15 is 0 Å². The van der Waals surface area contributed by atoms with Crippen LogP contribution in [-0.4, -0.2) is 61.3 Å². The first-order valence-electron chi connectivity index (χ1n) is 10.4. The number of nitrogens with one attached hydrogen (secondary N) is 1. The molecule has 0 atom stereocenters. The first kappa shape index (κ1) is 20.5. The number of hydrogen-bond donors (Lipinski definition) is 1. The zero-order valence-corrected chi connectivity index (χ0v) is 17.8. The van der Waals surface area contributed by atoms with E-state index in [1.807, 2.05) is 11.8 Å². The van der Waals surface area contributed by atoms with Gasteiger partial charge in [0.1, 0.15) is 0 Å². The first-order valence-corrected chi connectivity index (χ1v) is 11.7. The molecule has 3 rings (SSSR count). The zero-order valence-electron chi connectivity index (χ0n) is 17.0. The maximum absolute atomic E-state index is 5.57. The number of aliphatic imine (C=N–C) groups is 1. The third-order valence-corrected chi connectivity index (χ3v) is 7.37. The molecule has 1 aromatic rings. The Balaban J connectivity index is 1.55. The summed E-state index contributed by atoms with van der Waals surface area (Å²) in [7, 11) is 0. The van der Waals surface area contributed by atoms with Crippen LogP contribution in [0.1, 0.15) is 38.2 Å². The van der Waals surface area contributed by atoms with Crippen molar-refractivity contribution in [2.24, 2.45) is 10.9 Å². The van der Waals surface area contributed by atoms with Crippen molar-refractivity contribution < 1.29 is 4.74 Å². The van der Waals surface area contributed by atoms with Crippen molar-refractivity contribution in [1.29, 1.82) is 0 Å². The summed E-state index contributed by atoms with van der Waals surface area (Å²) in [5, 5.41) is 3.53. The topological polar surface area (TPSA) is 36.9 Å². The Morgan fingerprint density at radius 2 is 1.93 bits per heavy atom. The van der Waals surface area contributed by atoms with E-state index in [4.69, 9.17) is 9.73 Å². The van der Waals surface area contributed by atoms with Crippen LogP contribution in [0.3, 0.4) is 0 Å². The van der Waals surface area contributed by atoms with Gasteiger partial charge in [-0.2, -0.15) is 11.8 Å². The summed E-state index contributed by atoms with van der Waals surface area (Å²) < 4.78 is 5.82. The maximum atomic E-state index is 5.57. The van der Waals surface area contributed by atoms with Crippen LogP contribution < -0.4 is 5.32 Å². The van der Waals surface area contributed by atoms with Gasteiger partial charge in [0.05, 0.1) is 6.54 Å². The zero-order chi connectivity index (χ0) is 19.0. The number of rotatable bonds is 6. The molecule has 1 N–H and O–H groups in total. The van der Waals surface area contributed by atoms with Crippen LogP contribution in [0.25, 0.3) is 0 Å². The summed E-state index contributed by atoms with van der Waals surface area (Å²) in [6, 6.07) is 10.9. The lowest BCUT2D eigenvalue weighted by atomic mass is 9.90. The van der Waals surface area contributed by atoms with E-state index in [1.165, 1.54) is 24.8 Å². The van der Waals surface area contributed by atoms with Gasteiger partial charge in [-0.1, -0.05) is 30.3 Å². The number of guanidine groups is 1. The first-order chi connectivity index (χ1) is 13.2. The Morgan fingerprint density at radius 1 is 1.22 bits per heavy atom. The standard InChI is InChI=1S/C22H35N3OS/c1-3-23-21(24-18-22(27-2)11-15-26-16-12-22)25-13-9-20(10-14-25)17-19-7-5-4-6-8-19/h4-8,20H,3,9-18H2,1-2H3,(H,23,24). The average Bonchev–Trinajstić information content (AvgIpc) is 2.73. The summed E-state index contributed by atoms with van der Waals surface area (Å²) in [5.74, 6) is 1.90. The number of nitrogens with zero attached hydrogens (tertiary/aromatic N) is 2. The Hall–Kier alpha value is -1.20. The van der Waals surface area contributed by atoms with Crippen molar-refractivity contribution >= 4 is 17.7 Å². The molecule has 2 fully saturated rings. The number of piperidine rings is 1. The number of hydrogen-bond acceptors (Lipinski definition) is 3. The van der Waals surface area contributed by atoms with Crippen LogP contribution in [0, 0.1) is 5.92 Å². The molecule has 0 unspecified atom stereocenters. The van der Waals surface area contributed by atoms with Gasteiger partial charge in [-0.3, -0.25) is 4.99 Å². The molecular weight excluding hydrogens is 354 g/mol. The summed E-state index contributed by atoms with van der Waals surface area (Å²) in [6.07, 6.45) is 8.15. The minimum absolute atomic E-state index is 0.255. The van der Waals surface area contributed by atoms with E-state index < -0.39 is 0 Å². The van der Waals surface area contributed by atoms with Crippen molar-refractivity contribution in [3.63, 3.8) is 0 Å². The fourth-order valence-electron chi connectivity index (χ4n) is 4.11. The largest absolute Gasteiger partial charge is 0.381 e. The van der Waals surface area contributed by atoms with Crippen LogP contribution in [0.15, 0.2) is 35.3 Å². The molecule has 2 aliphatic heterocycles. The van der Waals surface area contributed by atoms with E-state index in [0.717, 1.165) is 64.1 Å². The molecule has 2 aliphatic rings. The highest BCUT2D eigenvalue weighted by Gasteiger charge is 2.32. The highest BCUT2D eigenvalue weighted by atomic mass is 32.2. The Morgan fingerprint density at radius 3 is 2.56 bits per heavy atom. The van der Waals surface area contributed by atoms with E-state index in [2.05, 4.69) is 53.7 Å². The van der Waals surface area contributed by atoms with Crippen molar-refractivity contribution in [1.82, 2.24) is 10.2 Å². The van der Waals surface area contributed by atoms with Gasteiger partial charge in [-0.05, 0) is 56.8 Å². The molecule has 0 saturated carbocycles. The third kappa shape index (κ3) is 5.89. The number of benzene rings is 1. The fraction of sp³-hybridized carbons (Fsp3) is 0.682. The monoisotopic (exact) mass is 389 g/mol. The van der Waals surface area contributed by atoms with Crippen LogP contribution in [0.4, 0.5) is 0 Å². The number of ether oxygens (including phenoxy) is 1. The van der Waals surface area contributed by atoms with Gasteiger partial charge in [-0.25, -0.2) is 0 Å². The quantitative estimate of drug-likeness (QED) is 0.593. The van der Waals surface area contributed by atoms with Crippen molar-refractivity contribution in [3.05, 3.63) is 35.9 Å². The molecule has 0 bridgehead atoms. The van der Waals surface area contributed by atoms with Gasteiger partial charge in [0.2, 0.25) is 0 Å². The number of likely N-dealkylation sites (tertiary alicyclic amines) is 1. The van der Waals surface area contributed by atoms with Gasteiger partial charge in [0.25, 0.3) is 0 Å². The molecule has 2 heterocycles. The minimum atomic E-state index is 0.255. The smallest absolute Gasteiger partial charge is 0.193 e. The van der Waals surface area contributed by atoms with Gasteiger partial charge in [-0.15, -0.1) is 0 Å². The van der Waals surface area contributed by atoms with Crippen molar-refractivity contribution in [3.8, 4) is 0 Å². The maximum Gasteiger partial charge on any atom is 0.193 e. The van der Waals surface area contributed by atoms with Crippen molar-refractivity contribution in [2.45, 2.75) is 43.8 Å². The predicted octanol–water partition coefficient (Wildman–Crippen LogP) is 3.82. The molecule has 1 aromatic carbocycles. The highest BCUT2D eigenvalue weighted by Crippen LogP contribution is 2.34. The molecule has 0 radical (unpaired) electrons. The molecule has 4 nitrogen and oxygen atoms in total. The lowest BCUT2D eigenvalue weighted by Crippen LogP contribution is -2.47. The normalized spacial score (nSPS) is 21.3. The van der Waals surface area contributed by atoms with Crippen LogP contribution in [-0.2, 0) is 11.2 Å². The highest BCUT2D eigenvalue weighted by molar-refractivity contribution is 8.00. The van der Waals surface area contributed by atoms with Crippen molar-refractivity contribution in [2.75, 3.05) is 45.6 Å². The van der Waals surface area contributed by atoms with E-state index in [9.17, 15) is 0 Å². The summed E-state index contributed by atoms with van der Waals surface area (Å²) >= 11 is 1.97. The Kier molecular flexibility index (Phi) is 7.89. The van der Waals surface area contributed by atoms with Gasteiger partial charge in [0, 0.05) is 37.6 Å². The molecule has 0 aliphatic carbocycles. The Bertz CT molecular complexity index is 578. The predicted molar refractivity (Wildman–Crippen MR) is 117 cm³/mol. The molecule has 0 amide bonds. The van der Waals surface area contributed by atoms with Gasteiger partial charge < -0.3 is 15.0 Å². The molecular formula is C22H35N3OS. The molecule has 5 heteroatoms. The summed E-state index contributed by atoms with van der Waals surface area (Å²) in [4.78, 5) is 7.54. The second-order valence-electron chi connectivity index (χ2n) is 7.79. The van der Waals surface area contributed by atoms with Gasteiger partial charge in [0.15, 0.2) is 5.96 Å². The Labute approximate surface area is 169 Å². The molecule has 150 valence electrons. The summed E-state index contributed by atoms with van der Waals surface area (Å²) in [6.45, 7) is 7.95. The average molecular weight is 390 g/mol. The minimum Gasteiger partial charge on any atom is -0.381 e. The van der Waals surface area contributed by atoms with Crippen LogP contribution in [0.5, 0.6) is 0 Å².